The molecule has 0 aromatic carbocycles. The van der Waals surface area contributed by atoms with Crippen molar-refractivity contribution in [2.75, 3.05) is 18.4 Å². The molecule has 6 nitrogen and oxygen atoms in total. The van der Waals surface area contributed by atoms with Crippen molar-refractivity contribution in [2.45, 2.75) is 32.2 Å². The van der Waals surface area contributed by atoms with Gasteiger partial charge in [-0.15, -0.1) is 11.3 Å². The van der Waals surface area contributed by atoms with E-state index in [1.807, 2.05) is 12.3 Å². The SMILES string of the molecule is Cc1cccnc1CN1CCC(c2csc(Nc3cc(C#N)ccn3)n2)CC1. The summed E-state index contributed by atoms with van der Waals surface area (Å²) >= 11 is 1.59. The number of hydrogen-bond acceptors (Lipinski definition) is 7. The number of anilines is 2. The molecule has 7 heteroatoms. The highest BCUT2D eigenvalue weighted by Crippen LogP contribution is 2.31. The van der Waals surface area contributed by atoms with Crippen LogP contribution in [0.2, 0.25) is 0 Å². The maximum Gasteiger partial charge on any atom is 0.188 e. The molecule has 0 radical (unpaired) electrons. The van der Waals surface area contributed by atoms with Gasteiger partial charge in [-0.05, 0) is 56.6 Å². The number of thiazole rings is 1. The summed E-state index contributed by atoms with van der Waals surface area (Å²) in [5.41, 5.74) is 4.17. The minimum atomic E-state index is 0.492. The van der Waals surface area contributed by atoms with E-state index in [0.29, 0.717) is 17.3 Å². The van der Waals surface area contributed by atoms with Crippen LogP contribution in [0.5, 0.6) is 0 Å². The quantitative estimate of drug-likeness (QED) is 0.702. The highest BCUT2D eigenvalue weighted by Gasteiger charge is 2.23. The summed E-state index contributed by atoms with van der Waals surface area (Å²) in [6.45, 7) is 5.17. The normalized spacial score (nSPS) is 15.3. The van der Waals surface area contributed by atoms with Crippen molar-refractivity contribution in [2.24, 2.45) is 0 Å². The summed E-state index contributed by atoms with van der Waals surface area (Å²) in [4.78, 5) is 16.0. The van der Waals surface area contributed by atoms with Crippen molar-refractivity contribution in [3.63, 3.8) is 0 Å². The number of nitrogens with zero attached hydrogens (tertiary/aromatic N) is 5. The number of aromatic nitrogens is 3. The third kappa shape index (κ3) is 4.35. The van der Waals surface area contributed by atoms with E-state index >= 15 is 0 Å². The smallest absolute Gasteiger partial charge is 0.188 e. The highest BCUT2D eigenvalue weighted by molar-refractivity contribution is 7.13. The molecule has 0 amide bonds. The number of rotatable bonds is 5. The van der Waals surface area contributed by atoms with E-state index in [1.165, 1.54) is 11.3 Å². The summed E-state index contributed by atoms with van der Waals surface area (Å²) in [6, 6.07) is 9.67. The Balaban J connectivity index is 1.34. The lowest BCUT2D eigenvalue weighted by molar-refractivity contribution is 0.201. The zero-order chi connectivity index (χ0) is 19.3. The average molecular weight is 391 g/mol. The van der Waals surface area contributed by atoms with Crippen LogP contribution in [-0.2, 0) is 6.54 Å². The van der Waals surface area contributed by atoms with E-state index in [-0.39, 0.29) is 0 Å². The van der Waals surface area contributed by atoms with Gasteiger partial charge in [-0.25, -0.2) is 9.97 Å². The molecule has 0 atom stereocenters. The van der Waals surface area contributed by atoms with Gasteiger partial charge in [0, 0.05) is 30.2 Å². The molecule has 1 saturated heterocycles. The van der Waals surface area contributed by atoms with Gasteiger partial charge in [0.05, 0.1) is 23.0 Å². The summed E-state index contributed by atoms with van der Waals surface area (Å²) in [7, 11) is 0. The molecule has 1 aliphatic rings. The molecule has 0 unspecified atom stereocenters. The second kappa shape index (κ2) is 8.46. The Kier molecular flexibility index (Phi) is 5.60. The van der Waals surface area contributed by atoms with Gasteiger partial charge in [0.15, 0.2) is 5.13 Å². The fraction of sp³-hybridized carbons (Fsp3) is 0.333. The van der Waals surface area contributed by atoms with Crippen molar-refractivity contribution in [1.82, 2.24) is 19.9 Å². The zero-order valence-corrected chi connectivity index (χ0v) is 16.6. The van der Waals surface area contributed by atoms with E-state index in [0.717, 1.165) is 43.3 Å². The molecule has 3 aromatic rings. The molecule has 1 N–H and O–H groups in total. The van der Waals surface area contributed by atoms with Gasteiger partial charge in [-0.3, -0.25) is 9.88 Å². The van der Waals surface area contributed by atoms with Gasteiger partial charge in [0.2, 0.25) is 0 Å². The monoisotopic (exact) mass is 390 g/mol. The Morgan fingerprint density at radius 3 is 2.89 bits per heavy atom. The van der Waals surface area contributed by atoms with E-state index in [1.54, 1.807) is 29.7 Å². The number of hydrogen-bond donors (Lipinski definition) is 1. The zero-order valence-electron chi connectivity index (χ0n) is 15.8. The van der Waals surface area contributed by atoms with Crippen molar-refractivity contribution in [3.8, 4) is 6.07 Å². The van der Waals surface area contributed by atoms with E-state index in [2.05, 4.69) is 44.6 Å². The lowest BCUT2D eigenvalue weighted by atomic mass is 9.94. The molecule has 0 spiro atoms. The van der Waals surface area contributed by atoms with Crippen molar-refractivity contribution in [3.05, 3.63) is 64.6 Å². The third-order valence-corrected chi connectivity index (χ3v) is 5.92. The Hall–Kier alpha value is -2.82. The molecule has 1 aliphatic heterocycles. The molecule has 0 aliphatic carbocycles. The molecular weight excluding hydrogens is 368 g/mol. The van der Waals surface area contributed by atoms with Crippen LogP contribution >= 0.6 is 11.3 Å². The summed E-state index contributed by atoms with van der Waals surface area (Å²) in [6.07, 6.45) is 5.73. The molecular formula is C21H22N6S. The van der Waals surface area contributed by atoms with Crippen LogP contribution in [0.3, 0.4) is 0 Å². The van der Waals surface area contributed by atoms with Crippen LogP contribution in [0.1, 0.15) is 41.3 Å². The first-order valence-electron chi connectivity index (χ1n) is 9.43. The molecule has 4 rings (SSSR count). The largest absolute Gasteiger partial charge is 0.316 e. The first-order chi connectivity index (χ1) is 13.7. The molecule has 1 fully saturated rings. The van der Waals surface area contributed by atoms with E-state index in [4.69, 9.17) is 10.2 Å². The standard InChI is InChI=1S/C21H22N6S/c1-15-3-2-7-23-18(15)13-27-9-5-17(6-10-27)19-14-28-21(25-19)26-20-11-16(12-22)4-8-24-20/h2-4,7-8,11,14,17H,5-6,9-10,13H2,1H3,(H,24,25,26). The van der Waals surface area contributed by atoms with E-state index < -0.39 is 0 Å². The number of nitrogens with one attached hydrogen (secondary N) is 1. The molecule has 0 saturated carbocycles. The number of aryl methyl sites for hydroxylation is 1. The van der Waals surface area contributed by atoms with Gasteiger partial charge < -0.3 is 5.32 Å². The fourth-order valence-corrected chi connectivity index (χ4v) is 4.29. The Labute approximate surface area is 168 Å². The van der Waals surface area contributed by atoms with Crippen LogP contribution in [0.4, 0.5) is 10.9 Å². The highest BCUT2D eigenvalue weighted by atomic mass is 32.1. The van der Waals surface area contributed by atoms with Crippen LogP contribution < -0.4 is 5.32 Å². The molecule has 4 heterocycles. The van der Waals surface area contributed by atoms with Crippen LogP contribution in [-0.4, -0.2) is 32.9 Å². The third-order valence-electron chi connectivity index (χ3n) is 5.14. The lowest BCUT2D eigenvalue weighted by Crippen LogP contribution is -2.33. The van der Waals surface area contributed by atoms with Gasteiger partial charge in [-0.2, -0.15) is 5.26 Å². The van der Waals surface area contributed by atoms with Gasteiger partial charge in [0.1, 0.15) is 5.82 Å². The number of piperidine rings is 1. The van der Waals surface area contributed by atoms with Gasteiger partial charge in [-0.1, -0.05) is 6.07 Å². The minimum absolute atomic E-state index is 0.492. The second-order valence-corrected chi connectivity index (χ2v) is 7.92. The average Bonchev–Trinajstić information content (AvgIpc) is 3.19. The van der Waals surface area contributed by atoms with Crippen molar-refractivity contribution in [1.29, 1.82) is 5.26 Å². The molecule has 3 aromatic heterocycles. The van der Waals surface area contributed by atoms with Crippen LogP contribution in [0, 0.1) is 18.3 Å². The van der Waals surface area contributed by atoms with E-state index in [9.17, 15) is 0 Å². The first-order valence-corrected chi connectivity index (χ1v) is 10.3. The molecule has 0 bridgehead atoms. The predicted octanol–water partition coefficient (Wildman–Crippen LogP) is 4.24. The van der Waals surface area contributed by atoms with Crippen molar-refractivity contribution >= 4 is 22.3 Å². The fourth-order valence-electron chi connectivity index (χ4n) is 3.49. The number of likely N-dealkylation sites (tertiary alicyclic amines) is 1. The van der Waals surface area contributed by atoms with Crippen molar-refractivity contribution < 1.29 is 0 Å². The maximum absolute atomic E-state index is 9.01. The Morgan fingerprint density at radius 1 is 1.25 bits per heavy atom. The molecule has 142 valence electrons. The Bertz CT molecular complexity index is 984. The lowest BCUT2D eigenvalue weighted by Gasteiger charge is -2.31. The summed E-state index contributed by atoms with van der Waals surface area (Å²) in [5.74, 6) is 1.15. The predicted molar refractivity (Wildman–Crippen MR) is 111 cm³/mol. The summed E-state index contributed by atoms with van der Waals surface area (Å²) < 4.78 is 0. The number of pyridine rings is 2. The topological polar surface area (TPSA) is 77.7 Å². The molecule has 28 heavy (non-hydrogen) atoms. The Morgan fingerprint density at radius 2 is 2.11 bits per heavy atom. The van der Waals surface area contributed by atoms with Gasteiger partial charge >= 0.3 is 0 Å². The number of nitriles is 1. The minimum Gasteiger partial charge on any atom is -0.316 e. The van der Waals surface area contributed by atoms with Crippen LogP contribution in [0.25, 0.3) is 0 Å². The maximum atomic E-state index is 9.01. The summed E-state index contributed by atoms with van der Waals surface area (Å²) in [5, 5.41) is 15.2. The van der Waals surface area contributed by atoms with Crippen LogP contribution in [0.15, 0.2) is 42.0 Å². The second-order valence-electron chi connectivity index (χ2n) is 7.06. The van der Waals surface area contributed by atoms with Gasteiger partial charge in [0.25, 0.3) is 0 Å². The first kappa shape index (κ1) is 18.5.